The number of methoxy groups -OCH3 is 1. The summed E-state index contributed by atoms with van der Waals surface area (Å²) in [5.41, 5.74) is 4.20. The molecule has 0 N–H and O–H groups in total. The topological polar surface area (TPSA) is 65.5 Å². The smallest absolute Gasteiger partial charge is 0.339 e. The molecule has 0 radical (unpaired) electrons. The van der Waals surface area contributed by atoms with E-state index in [0.717, 1.165) is 28.6 Å². The highest BCUT2D eigenvalue weighted by atomic mass is 16.5. The Morgan fingerprint density at radius 2 is 1.86 bits per heavy atom. The van der Waals surface area contributed by atoms with E-state index in [1.807, 2.05) is 38.1 Å². The average molecular weight is 377 g/mol. The van der Waals surface area contributed by atoms with Gasteiger partial charge in [-0.05, 0) is 50.1 Å². The molecule has 0 spiro atoms. The minimum Gasteiger partial charge on any atom is -0.496 e. The monoisotopic (exact) mass is 377 g/mol. The highest BCUT2D eigenvalue weighted by Gasteiger charge is 2.19. The van der Waals surface area contributed by atoms with Crippen molar-refractivity contribution >= 4 is 22.7 Å². The second-order valence-corrected chi connectivity index (χ2v) is 6.59. The van der Waals surface area contributed by atoms with Crippen molar-refractivity contribution in [1.29, 1.82) is 0 Å². The summed E-state index contributed by atoms with van der Waals surface area (Å²) in [5, 5.41) is 0.770. The fourth-order valence-corrected chi connectivity index (χ4v) is 3.29. The average Bonchev–Trinajstić information content (AvgIpc) is 2.71. The molecule has 0 aliphatic heterocycles. The number of carbonyl (C=O) groups is 2. The van der Waals surface area contributed by atoms with E-state index in [1.54, 1.807) is 25.3 Å². The van der Waals surface area contributed by atoms with Crippen molar-refractivity contribution in [1.82, 2.24) is 4.98 Å². The number of pyridine rings is 1. The van der Waals surface area contributed by atoms with E-state index in [2.05, 4.69) is 4.98 Å². The second kappa shape index (κ2) is 8.21. The standard InChI is InChI=1S/C23H23NO4/c1-5-19-14(2)22(18-8-6-7-9-20(18)24-19)23(26)28-13-17-12-16(15(3)25)10-11-21(17)27-4/h6-12H,5,13H2,1-4H3. The zero-order valence-electron chi connectivity index (χ0n) is 16.5. The molecule has 0 aliphatic carbocycles. The van der Waals surface area contributed by atoms with Gasteiger partial charge in [0.15, 0.2) is 5.78 Å². The number of aryl methyl sites for hydroxylation is 1. The van der Waals surface area contributed by atoms with Crippen LogP contribution in [0.5, 0.6) is 5.75 Å². The van der Waals surface area contributed by atoms with E-state index >= 15 is 0 Å². The van der Waals surface area contributed by atoms with Crippen LogP contribution < -0.4 is 4.74 Å². The quantitative estimate of drug-likeness (QED) is 0.461. The molecule has 3 aromatic rings. The molecule has 1 aromatic heterocycles. The second-order valence-electron chi connectivity index (χ2n) is 6.59. The third kappa shape index (κ3) is 3.74. The van der Waals surface area contributed by atoms with Crippen molar-refractivity contribution in [2.24, 2.45) is 0 Å². The van der Waals surface area contributed by atoms with Crippen molar-refractivity contribution in [2.45, 2.75) is 33.8 Å². The Morgan fingerprint density at radius 3 is 2.54 bits per heavy atom. The molecule has 144 valence electrons. The number of carbonyl (C=O) groups excluding carboxylic acids is 2. The predicted molar refractivity (Wildman–Crippen MR) is 108 cm³/mol. The minimum absolute atomic E-state index is 0.0146. The number of aromatic nitrogens is 1. The van der Waals surface area contributed by atoms with Crippen molar-refractivity contribution in [3.63, 3.8) is 0 Å². The van der Waals surface area contributed by atoms with Gasteiger partial charge in [0.25, 0.3) is 0 Å². The number of nitrogens with zero attached hydrogens (tertiary/aromatic N) is 1. The molecule has 0 aliphatic rings. The number of rotatable bonds is 6. The summed E-state index contributed by atoms with van der Waals surface area (Å²) in [6, 6.07) is 12.7. The largest absolute Gasteiger partial charge is 0.496 e. The maximum Gasteiger partial charge on any atom is 0.339 e. The molecular formula is C23H23NO4. The van der Waals surface area contributed by atoms with Crippen LogP contribution in [0.4, 0.5) is 0 Å². The zero-order chi connectivity index (χ0) is 20.3. The van der Waals surface area contributed by atoms with Crippen molar-refractivity contribution < 1.29 is 19.1 Å². The lowest BCUT2D eigenvalue weighted by molar-refractivity contribution is 0.0471. The molecule has 3 rings (SSSR count). The van der Waals surface area contributed by atoms with Crippen LogP contribution >= 0.6 is 0 Å². The first-order chi connectivity index (χ1) is 13.5. The molecule has 0 fully saturated rings. The molecule has 0 amide bonds. The Labute approximate surface area is 164 Å². The van der Waals surface area contributed by atoms with Crippen LogP contribution in [0.1, 0.15) is 51.4 Å². The predicted octanol–water partition coefficient (Wildman–Crippen LogP) is 4.67. The number of Topliss-reactive ketones (excluding diaryl/α,β-unsaturated/α-hetero) is 1. The van der Waals surface area contributed by atoms with Gasteiger partial charge in [-0.3, -0.25) is 9.78 Å². The number of hydrogen-bond acceptors (Lipinski definition) is 5. The highest BCUT2D eigenvalue weighted by molar-refractivity contribution is 6.05. The molecule has 2 aromatic carbocycles. The van der Waals surface area contributed by atoms with E-state index in [-0.39, 0.29) is 12.4 Å². The Morgan fingerprint density at radius 1 is 1.11 bits per heavy atom. The number of benzene rings is 2. The first-order valence-corrected chi connectivity index (χ1v) is 9.19. The maximum atomic E-state index is 13.0. The fraction of sp³-hybridized carbons (Fsp3) is 0.261. The minimum atomic E-state index is -0.416. The summed E-state index contributed by atoms with van der Waals surface area (Å²) >= 11 is 0. The van der Waals surface area contributed by atoms with Crippen molar-refractivity contribution in [3.05, 3.63) is 70.4 Å². The summed E-state index contributed by atoms with van der Waals surface area (Å²) in [7, 11) is 1.54. The van der Waals surface area contributed by atoms with E-state index in [1.165, 1.54) is 6.92 Å². The molecule has 0 bridgehead atoms. The Balaban J connectivity index is 1.96. The molecule has 0 saturated heterocycles. The first-order valence-electron chi connectivity index (χ1n) is 9.19. The van der Waals surface area contributed by atoms with Gasteiger partial charge in [-0.1, -0.05) is 25.1 Å². The fourth-order valence-electron chi connectivity index (χ4n) is 3.29. The number of hydrogen-bond donors (Lipinski definition) is 0. The van der Waals surface area contributed by atoms with Gasteiger partial charge in [-0.25, -0.2) is 4.79 Å². The SMILES string of the molecule is CCc1nc2ccccc2c(C(=O)OCc2cc(C(C)=O)ccc2OC)c1C. The van der Waals surface area contributed by atoms with Crippen LogP contribution in [-0.2, 0) is 17.8 Å². The highest BCUT2D eigenvalue weighted by Crippen LogP contribution is 2.26. The lowest BCUT2D eigenvalue weighted by Gasteiger charge is -2.14. The van der Waals surface area contributed by atoms with Crippen molar-refractivity contribution in [2.75, 3.05) is 7.11 Å². The Bertz CT molecular complexity index is 1060. The zero-order valence-corrected chi connectivity index (χ0v) is 16.5. The van der Waals surface area contributed by atoms with Gasteiger partial charge in [0.2, 0.25) is 0 Å². The van der Waals surface area contributed by atoms with Gasteiger partial charge in [-0.15, -0.1) is 0 Å². The van der Waals surface area contributed by atoms with E-state index < -0.39 is 5.97 Å². The number of fused-ring (bicyclic) bond motifs is 1. The third-order valence-electron chi connectivity index (χ3n) is 4.82. The molecule has 5 nitrogen and oxygen atoms in total. The Kier molecular flexibility index (Phi) is 5.73. The van der Waals surface area contributed by atoms with Crippen LogP contribution in [0.2, 0.25) is 0 Å². The number of ether oxygens (including phenoxy) is 2. The molecule has 0 unspecified atom stereocenters. The van der Waals surface area contributed by atoms with E-state index in [9.17, 15) is 9.59 Å². The molecule has 28 heavy (non-hydrogen) atoms. The normalized spacial score (nSPS) is 10.7. The summed E-state index contributed by atoms with van der Waals surface area (Å²) in [6.45, 7) is 5.42. The van der Waals surface area contributed by atoms with Crippen molar-refractivity contribution in [3.8, 4) is 5.75 Å². The van der Waals surface area contributed by atoms with Crippen LogP contribution in [0.15, 0.2) is 42.5 Å². The summed E-state index contributed by atoms with van der Waals surface area (Å²) < 4.78 is 11.0. The summed E-state index contributed by atoms with van der Waals surface area (Å²) in [6.07, 6.45) is 0.728. The van der Waals surface area contributed by atoms with Gasteiger partial charge in [0.1, 0.15) is 12.4 Å². The lowest BCUT2D eigenvalue weighted by atomic mass is 10.0. The van der Waals surface area contributed by atoms with E-state index in [4.69, 9.17) is 9.47 Å². The molecule has 5 heteroatoms. The Hall–Kier alpha value is -3.21. The van der Waals surface area contributed by atoms with Crippen LogP contribution in [0, 0.1) is 6.92 Å². The van der Waals surface area contributed by atoms with Crippen LogP contribution in [-0.4, -0.2) is 23.8 Å². The van der Waals surface area contributed by atoms with Gasteiger partial charge < -0.3 is 9.47 Å². The number of esters is 1. The summed E-state index contributed by atoms with van der Waals surface area (Å²) in [4.78, 5) is 29.3. The molecule has 0 atom stereocenters. The van der Waals surface area contributed by atoms with Crippen LogP contribution in [0.25, 0.3) is 10.9 Å². The molecule has 1 heterocycles. The molecule has 0 saturated carbocycles. The summed E-state index contributed by atoms with van der Waals surface area (Å²) in [5.74, 6) is 0.100. The number of ketones is 1. The van der Waals surface area contributed by atoms with Gasteiger partial charge >= 0.3 is 5.97 Å². The van der Waals surface area contributed by atoms with E-state index in [0.29, 0.717) is 22.4 Å². The maximum absolute atomic E-state index is 13.0. The number of para-hydroxylation sites is 1. The van der Waals surface area contributed by atoms with Gasteiger partial charge in [0, 0.05) is 22.2 Å². The molecular weight excluding hydrogens is 354 g/mol. The van der Waals surface area contributed by atoms with Crippen LogP contribution in [0.3, 0.4) is 0 Å². The first kappa shape index (κ1) is 19.5. The van der Waals surface area contributed by atoms with Gasteiger partial charge in [-0.2, -0.15) is 0 Å². The lowest BCUT2D eigenvalue weighted by Crippen LogP contribution is -2.11. The van der Waals surface area contributed by atoms with Gasteiger partial charge in [0.05, 0.1) is 18.2 Å². The third-order valence-corrected chi connectivity index (χ3v) is 4.82.